The van der Waals surface area contributed by atoms with Crippen LogP contribution in [0.15, 0.2) is 34.5 Å². The molecule has 0 spiro atoms. The molecule has 1 amide bonds. The molecule has 2 aromatic rings. The number of nitrogens with two attached hydrogens (primary N) is 1. The van der Waals surface area contributed by atoms with Crippen LogP contribution in [0.1, 0.15) is 39.2 Å². The fraction of sp³-hybridized carbons (Fsp3) is 0.353. The van der Waals surface area contributed by atoms with Crippen LogP contribution in [0.2, 0.25) is 0 Å². The summed E-state index contributed by atoms with van der Waals surface area (Å²) in [5.41, 5.74) is 3.32. The van der Waals surface area contributed by atoms with Crippen LogP contribution >= 0.6 is 11.3 Å². The van der Waals surface area contributed by atoms with Crippen molar-refractivity contribution in [1.82, 2.24) is 5.32 Å². The zero-order valence-electron chi connectivity index (χ0n) is 13.2. The number of primary sulfonamides is 1. The van der Waals surface area contributed by atoms with Crippen molar-refractivity contribution in [2.75, 3.05) is 6.54 Å². The molecule has 1 heterocycles. The van der Waals surface area contributed by atoms with Gasteiger partial charge in [-0.3, -0.25) is 4.79 Å². The van der Waals surface area contributed by atoms with Gasteiger partial charge in [-0.2, -0.15) is 0 Å². The molecule has 1 aromatic carbocycles. The van der Waals surface area contributed by atoms with Gasteiger partial charge in [0.05, 0.1) is 0 Å². The van der Waals surface area contributed by atoms with Gasteiger partial charge in [0.2, 0.25) is 10.0 Å². The molecule has 3 rings (SSSR count). The molecule has 0 bridgehead atoms. The van der Waals surface area contributed by atoms with Crippen LogP contribution in [0.5, 0.6) is 0 Å². The summed E-state index contributed by atoms with van der Waals surface area (Å²) in [6.07, 6.45) is 5.13. The number of nitrogens with one attached hydrogen (secondary N) is 1. The van der Waals surface area contributed by atoms with Gasteiger partial charge in [-0.1, -0.05) is 6.07 Å². The lowest BCUT2D eigenvalue weighted by molar-refractivity contribution is 0.0954. The summed E-state index contributed by atoms with van der Waals surface area (Å²) in [4.78, 5) is 13.1. The predicted octanol–water partition coefficient (Wildman–Crippen LogP) is 2.25. The Kier molecular flexibility index (Phi) is 5.03. The van der Waals surface area contributed by atoms with E-state index in [1.165, 1.54) is 30.0 Å². The molecule has 0 atom stereocenters. The van der Waals surface area contributed by atoms with E-state index in [4.69, 9.17) is 5.14 Å². The second-order valence-electron chi connectivity index (χ2n) is 5.96. The van der Waals surface area contributed by atoms with Crippen LogP contribution in [0, 0.1) is 0 Å². The molecule has 24 heavy (non-hydrogen) atoms. The van der Waals surface area contributed by atoms with Crippen LogP contribution in [0.25, 0.3) is 0 Å². The second kappa shape index (κ2) is 7.04. The fourth-order valence-electron chi connectivity index (χ4n) is 2.92. The highest BCUT2D eigenvalue weighted by Gasteiger charge is 2.14. The number of hydrogen-bond donors (Lipinski definition) is 2. The van der Waals surface area contributed by atoms with Gasteiger partial charge in [0.1, 0.15) is 4.21 Å². The Morgan fingerprint density at radius 2 is 1.88 bits per heavy atom. The Balaban J connectivity index is 1.57. The second-order valence-corrected chi connectivity index (χ2v) is 8.92. The van der Waals surface area contributed by atoms with E-state index in [2.05, 4.69) is 11.4 Å². The molecule has 1 aromatic heterocycles. The number of aryl methyl sites for hydroxylation is 2. The Morgan fingerprint density at radius 3 is 2.58 bits per heavy atom. The zero-order valence-corrected chi connectivity index (χ0v) is 14.9. The van der Waals surface area contributed by atoms with E-state index >= 15 is 0 Å². The lowest BCUT2D eigenvalue weighted by atomic mass is 9.90. The standard InChI is InChI=1S/C17H20N2O3S2/c18-24(21,22)16-8-7-15(23-16)9-10-19-17(20)14-6-5-12-3-1-2-4-13(12)11-14/h5-8,11H,1-4,9-10H2,(H,19,20)(H2,18,21,22). The molecule has 3 N–H and O–H groups in total. The highest BCUT2D eigenvalue weighted by molar-refractivity contribution is 7.91. The van der Waals surface area contributed by atoms with Crippen LogP contribution in [-0.4, -0.2) is 20.9 Å². The molecule has 128 valence electrons. The minimum absolute atomic E-state index is 0.0911. The average Bonchev–Trinajstić information content (AvgIpc) is 3.03. The summed E-state index contributed by atoms with van der Waals surface area (Å²) in [6, 6.07) is 9.16. The number of thiophene rings is 1. The quantitative estimate of drug-likeness (QED) is 0.853. The predicted molar refractivity (Wildman–Crippen MR) is 94.8 cm³/mol. The van der Waals surface area contributed by atoms with Crippen molar-refractivity contribution in [3.8, 4) is 0 Å². The van der Waals surface area contributed by atoms with Gasteiger partial charge in [-0.05, 0) is 67.5 Å². The van der Waals surface area contributed by atoms with Crippen LogP contribution < -0.4 is 10.5 Å². The lowest BCUT2D eigenvalue weighted by Crippen LogP contribution is -2.25. The van der Waals surface area contributed by atoms with Crippen molar-refractivity contribution in [1.29, 1.82) is 0 Å². The first-order chi connectivity index (χ1) is 11.4. The van der Waals surface area contributed by atoms with Crippen molar-refractivity contribution in [3.63, 3.8) is 0 Å². The summed E-state index contributed by atoms with van der Waals surface area (Å²) in [6.45, 7) is 0.459. The van der Waals surface area contributed by atoms with Crippen molar-refractivity contribution < 1.29 is 13.2 Å². The molecule has 1 aliphatic carbocycles. The summed E-state index contributed by atoms with van der Waals surface area (Å²) >= 11 is 1.14. The summed E-state index contributed by atoms with van der Waals surface area (Å²) in [5.74, 6) is -0.0911. The summed E-state index contributed by atoms with van der Waals surface area (Å²) < 4.78 is 22.6. The fourth-order valence-corrected chi connectivity index (χ4v) is 4.70. The van der Waals surface area contributed by atoms with E-state index in [0.29, 0.717) is 18.5 Å². The molecule has 0 saturated carbocycles. The smallest absolute Gasteiger partial charge is 0.251 e. The number of amides is 1. The maximum atomic E-state index is 12.3. The number of carbonyl (C=O) groups is 1. The van der Waals surface area contributed by atoms with Gasteiger partial charge in [0.15, 0.2) is 0 Å². The Bertz CT molecular complexity index is 856. The zero-order chi connectivity index (χ0) is 17.2. The minimum atomic E-state index is -3.64. The van der Waals surface area contributed by atoms with E-state index in [0.717, 1.165) is 29.1 Å². The van der Waals surface area contributed by atoms with Crippen molar-refractivity contribution in [2.45, 2.75) is 36.3 Å². The molecule has 7 heteroatoms. The van der Waals surface area contributed by atoms with Gasteiger partial charge >= 0.3 is 0 Å². The maximum absolute atomic E-state index is 12.3. The Hall–Kier alpha value is -1.70. The molecular weight excluding hydrogens is 344 g/mol. The van der Waals surface area contributed by atoms with Gasteiger partial charge in [0.25, 0.3) is 5.91 Å². The van der Waals surface area contributed by atoms with E-state index in [1.807, 2.05) is 12.1 Å². The number of sulfonamides is 1. The van der Waals surface area contributed by atoms with Gasteiger partial charge in [0, 0.05) is 17.0 Å². The van der Waals surface area contributed by atoms with Gasteiger partial charge in [-0.25, -0.2) is 13.6 Å². The third-order valence-electron chi connectivity index (χ3n) is 4.19. The van der Waals surface area contributed by atoms with Gasteiger partial charge < -0.3 is 5.32 Å². The lowest BCUT2D eigenvalue weighted by Gasteiger charge is -2.16. The van der Waals surface area contributed by atoms with E-state index in [9.17, 15) is 13.2 Å². The van der Waals surface area contributed by atoms with Crippen LogP contribution in [0.3, 0.4) is 0 Å². The largest absolute Gasteiger partial charge is 0.352 e. The first-order valence-electron chi connectivity index (χ1n) is 7.95. The average molecular weight is 364 g/mol. The van der Waals surface area contributed by atoms with Crippen LogP contribution in [-0.2, 0) is 29.3 Å². The number of benzene rings is 1. The minimum Gasteiger partial charge on any atom is -0.352 e. The van der Waals surface area contributed by atoms with E-state index < -0.39 is 10.0 Å². The molecular formula is C17H20N2O3S2. The summed E-state index contributed by atoms with van der Waals surface area (Å²) in [7, 11) is -3.64. The highest BCUT2D eigenvalue weighted by atomic mass is 32.2. The normalized spacial score (nSPS) is 14.2. The number of hydrogen-bond acceptors (Lipinski definition) is 4. The van der Waals surface area contributed by atoms with Gasteiger partial charge in [-0.15, -0.1) is 11.3 Å². The number of carbonyl (C=O) groups excluding carboxylic acids is 1. The molecule has 5 nitrogen and oxygen atoms in total. The Labute approximate surface area is 145 Å². The molecule has 0 unspecified atom stereocenters. The third kappa shape index (κ3) is 4.03. The maximum Gasteiger partial charge on any atom is 0.251 e. The first-order valence-corrected chi connectivity index (χ1v) is 10.3. The van der Waals surface area contributed by atoms with E-state index in [1.54, 1.807) is 6.07 Å². The van der Waals surface area contributed by atoms with Crippen molar-refractivity contribution in [3.05, 3.63) is 51.9 Å². The van der Waals surface area contributed by atoms with Crippen molar-refractivity contribution >= 4 is 27.3 Å². The van der Waals surface area contributed by atoms with E-state index in [-0.39, 0.29) is 10.1 Å². The SMILES string of the molecule is NS(=O)(=O)c1ccc(CCNC(=O)c2ccc3c(c2)CCCC3)s1. The third-order valence-corrected chi connectivity index (χ3v) is 6.77. The van der Waals surface area contributed by atoms with Crippen molar-refractivity contribution in [2.24, 2.45) is 5.14 Å². The number of fused-ring (bicyclic) bond motifs is 1. The molecule has 1 aliphatic rings. The first kappa shape index (κ1) is 17.1. The Morgan fingerprint density at radius 1 is 1.12 bits per heavy atom. The summed E-state index contributed by atoms with van der Waals surface area (Å²) in [5, 5.41) is 7.98. The molecule has 0 saturated heterocycles. The van der Waals surface area contributed by atoms with Crippen LogP contribution in [0.4, 0.5) is 0 Å². The highest BCUT2D eigenvalue weighted by Crippen LogP contribution is 2.22. The molecule has 0 aliphatic heterocycles. The molecule has 0 radical (unpaired) electrons. The number of rotatable bonds is 5. The monoisotopic (exact) mass is 364 g/mol. The topological polar surface area (TPSA) is 89.3 Å². The molecule has 0 fully saturated rings.